The Morgan fingerprint density at radius 2 is 1.53 bits per heavy atom. The second kappa shape index (κ2) is 6.89. The van der Waals surface area contributed by atoms with Gasteiger partial charge in [-0.15, -0.1) is 0 Å². The first-order valence-electron chi connectivity index (χ1n) is 10.8. The van der Waals surface area contributed by atoms with Gasteiger partial charge in [0.2, 0.25) is 11.8 Å². The summed E-state index contributed by atoms with van der Waals surface area (Å²) >= 11 is 0. The number of furan rings is 1. The third kappa shape index (κ3) is 2.21. The number of hydrogen-bond acceptors (Lipinski definition) is 5. The molecule has 1 aromatic heterocycles. The molecule has 6 heteroatoms. The van der Waals surface area contributed by atoms with Crippen molar-refractivity contribution in [2.24, 2.45) is 11.8 Å². The van der Waals surface area contributed by atoms with Crippen LogP contribution < -0.4 is 0 Å². The van der Waals surface area contributed by atoms with Crippen molar-refractivity contribution >= 4 is 11.8 Å². The molecule has 3 aliphatic carbocycles. The molecule has 1 saturated heterocycles. The zero-order valence-electron chi connectivity index (χ0n) is 17.9. The Morgan fingerprint density at radius 1 is 0.906 bits per heavy atom. The number of rotatable bonds is 5. The summed E-state index contributed by atoms with van der Waals surface area (Å²) < 4.78 is 17.2. The monoisotopic (exact) mass is 429 g/mol. The lowest BCUT2D eigenvalue weighted by molar-refractivity contribution is -0.169. The van der Waals surface area contributed by atoms with Crippen LogP contribution in [0.1, 0.15) is 33.9 Å². The van der Waals surface area contributed by atoms with Crippen LogP contribution in [0.4, 0.5) is 0 Å². The SMILES string of the molecule is COC(OC)C12c3ccccc3C(c3ccccc31)[C@@H]1C(=O)N(Cc3ccco3)C(=O)[C@@H]12. The van der Waals surface area contributed by atoms with E-state index in [0.29, 0.717) is 5.76 Å². The van der Waals surface area contributed by atoms with Crippen LogP contribution in [0, 0.1) is 11.8 Å². The maximum Gasteiger partial charge on any atom is 0.235 e. The Balaban J connectivity index is 1.64. The van der Waals surface area contributed by atoms with Crippen LogP contribution >= 0.6 is 0 Å². The second-order valence-electron chi connectivity index (χ2n) is 8.67. The summed E-state index contributed by atoms with van der Waals surface area (Å²) in [5.41, 5.74) is 3.19. The van der Waals surface area contributed by atoms with Crippen LogP contribution in [0.3, 0.4) is 0 Å². The highest BCUT2D eigenvalue weighted by Crippen LogP contribution is 2.65. The first-order chi connectivity index (χ1) is 15.6. The predicted molar refractivity (Wildman–Crippen MR) is 115 cm³/mol. The molecule has 7 rings (SSSR count). The average molecular weight is 429 g/mol. The van der Waals surface area contributed by atoms with Gasteiger partial charge in [-0.1, -0.05) is 48.5 Å². The van der Waals surface area contributed by atoms with Crippen LogP contribution in [-0.2, 0) is 31.0 Å². The van der Waals surface area contributed by atoms with E-state index in [-0.39, 0.29) is 24.3 Å². The fraction of sp³-hybridized carbons (Fsp3) is 0.308. The minimum Gasteiger partial charge on any atom is -0.467 e. The van der Waals surface area contributed by atoms with Crippen LogP contribution in [0.15, 0.2) is 71.3 Å². The molecule has 0 unspecified atom stereocenters. The molecule has 32 heavy (non-hydrogen) atoms. The molecular weight excluding hydrogens is 406 g/mol. The molecule has 6 nitrogen and oxygen atoms in total. The maximum atomic E-state index is 14.0. The number of hydrogen-bond donors (Lipinski definition) is 0. The van der Waals surface area contributed by atoms with Gasteiger partial charge in [-0.05, 0) is 34.4 Å². The van der Waals surface area contributed by atoms with Crippen LogP contribution in [-0.4, -0.2) is 37.2 Å². The smallest absolute Gasteiger partial charge is 0.235 e. The van der Waals surface area contributed by atoms with E-state index in [4.69, 9.17) is 13.9 Å². The summed E-state index contributed by atoms with van der Waals surface area (Å²) in [6.45, 7) is 0.123. The van der Waals surface area contributed by atoms with Gasteiger partial charge in [0.25, 0.3) is 0 Å². The van der Waals surface area contributed by atoms with Crippen molar-refractivity contribution < 1.29 is 23.5 Å². The van der Waals surface area contributed by atoms with Gasteiger partial charge in [0.15, 0.2) is 6.29 Å². The molecule has 1 fully saturated rings. The van der Waals surface area contributed by atoms with E-state index in [0.717, 1.165) is 22.3 Å². The molecule has 3 aromatic rings. The van der Waals surface area contributed by atoms with Crippen molar-refractivity contribution in [3.8, 4) is 0 Å². The summed E-state index contributed by atoms with van der Waals surface area (Å²) in [6.07, 6.45) is 0.815. The van der Waals surface area contributed by atoms with E-state index in [2.05, 4.69) is 12.1 Å². The van der Waals surface area contributed by atoms with Crippen molar-refractivity contribution in [2.45, 2.75) is 24.2 Å². The standard InChI is InChI=1S/C26H23NO5/c1-30-25(31-2)26-18-11-5-3-9-16(18)20(17-10-4-6-12-19(17)26)21-22(26)24(29)27(23(21)28)14-15-8-7-13-32-15/h3-13,20-22,25H,14H2,1-2H3/t20?,21-,22+,26?/m0/s1. The summed E-state index contributed by atoms with van der Waals surface area (Å²) in [5, 5.41) is 0. The molecule has 0 spiro atoms. The fourth-order valence-corrected chi connectivity index (χ4v) is 6.47. The molecule has 2 aromatic carbocycles. The zero-order chi connectivity index (χ0) is 22.0. The van der Waals surface area contributed by atoms with E-state index >= 15 is 0 Å². The van der Waals surface area contributed by atoms with Gasteiger partial charge < -0.3 is 13.9 Å². The number of carbonyl (C=O) groups excluding carboxylic acids is 2. The topological polar surface area (TPSA) is 69.0 Å². The minimum atomic E-state index is -0.930. The predicted octanol–water partition coefficient (Wildman–Crippen LogP) is 3.44. The largest absolute Gasteiger partial charge is 0.467 e. The van der Waals surface area contributed by atoms with Gasteiger partial charge in [0.05, 0.1) is 30.1 Å². The van der Waals surface area contributed by atoms with Crippen molar-refractivity contribution in [1.82, 2.24) is 4.90 Å². The van der Waals surface area contributed by atoms with Crippen LogP contribution in [0.5, 0.6) is 0 Å². The van der Waals surface area contributed by atoms with Gasteiger partial charge in [-0.25, -0.2) is 0 Å². The number of likely N-dealkylation sites (tertiary alicyclic amines) is 1. The Morgan fingerprint density at radius 3 is 2.09 bits per heavy atom. The van der Waals surface area contributed by atoms with Gasteiger partial charge >= 0.3 is 0 Å². The third-order valence-corrected chi connectivity index (χ3v) is 7.47. The lowest BCUT2D eigenvalue weighted by Crippen LogP contribution is -2.60. The molecular formula is C26H23NO5. The highest BCUT2D eigenvalue weighted by Gasteiger charge is 2.70. The quantitative estimate of drug-likeness (QED) is 0.459. The molecule has 2 heterocycles. The highest BCUT2D eigenvalue weighted by molar-refractivity contribution is 6.08. The molecule has 162 valence electrons. The second-order valence-corrected chi connectivity index (χ2v) is 8.67. The van der Waals surface area contributed by atoms with Crippen molar-refractivity contribution in [3.63, 3.8) is 0 Å². The summed E-state index contributed by atoms with van der Waals surface area (Å²) in [4.78, 5) is 29.1. The molecule has 2 amide bonds. The molecule has 0 N–H and O–H groups in total. The number of nitrogens with zero attached hydrogens (tertiary/aromatic N) is 1. The van der Waals surface area contributed by atoms with Gasteiger partial charge in [0, 0.05) is 20.1 Å². The molecule has 1 aliphatic heterocycles. The van der Waals surface area contributed by atoms with Gasteiger partial charge in [0.1, 0.15) is 5.76 Å². The molecule has 0 saturated carbocycles. The zero-order valence-corrected chi connectivity index (χ0v) is 17.9. The summed E-state index contributed by atoms with van der Waals surface area (Å²) in [7, 11) is 3.18. The maximum absolute atomic E-state index is 14.0. The summed E-state index contributed by atoms with van der Waals surface area (Å²) in [5.74, 6) is -1.12. The van der Waals surface area contributed by atoms with E-state index in [9.17, 15) is 9.59 Å². The number of methoxy groups -OCH3 is 2. The number of amides is 2. The van der Waals surface area contributed by atoms with Crippen molar-refractivity contribution in [1.29, 1.82) is 0 Å². The van der Waals surface area contributed by atoms with Crippen molar-refractivity contribution in [2.75, 3.05) is 14.2 Å². The highest BCUT2D eigenvalue weighted by atomic mass is 16.7. The molecule has 4 aliphatic rings. The Kier molecular flexibility index (Phi) is 4.19. The Bertz CT molecular complexity index is 1160. The molecule has 2 atom stereocenters. The first kappa shape index (κ1) is 19.5. The lowest BCUT2D eigenvalue weighted by Gasteiger charge is -2.56. The van der Waals surface area contributed by atoms with E-state index in [1.807, 2.05) is 36.4 Å². The number of benzene rings is 2. The first-order valence-corrected chi connectivity index (χ1v) is 10.8. The van der Waals surface area contributed by atoms with Crippen molar-refractivity contribution in [3.05, 3.63) is 94.9 Å². The third-order valence-electron chi connectivity index (χ3n) is 7.47. The summed E-state index contributed by atoms with van der Waals surface area (Å²) in [6, 6.07) is 19.7. The van der Waals surface area contributed by atoms with E-state index in [1.54, 1.807) is 32.6 Å². The van der Waals surface area contributed by atoms with Gasteiger partial charge in [-0.2, -0.15) is 0 Å². The van der Waals surface area contributed by atoms with Crippen LogP contribution in [0.25, 0.3) is 0 Å². The Hall–Kier alpha value is -3.22. The molecule has 2 bridgehead atoms. The fourth-order valence-electron chi connectivity index (χ4n) is 6.47. The van der Waals surface area contributed by atoms with Crippen LogP contribution in [0.2, 0.25) is 0 Å². The average Bonchev–Trinajstić information content (AvgIpc) is 3.43. The normalized spacial score (nSPS) is 27.6. The Labute approximate surface area is 185 Å². The van der Waals surface area contributed by atoms with E-state index < -0.39 is 23.5 Å². The molecule has 0 radical (unpaired) electrons. The number of carbonyl (C=O) groups is 2. The lowest BCUT2D eigenvalue weighted by atomic mass is 9.47. The van der Waals surface area contributed by atoms with E-state index in [1.165, 1.54) is 4.90 Å². The number of imide groups is 1. The number of ether oxygens (including phenoxy) is 2. The van der Waals surface area contributed by atoms with Gasteiger partial charge in [-0.3, -0.25) is 14.5 Å². The minimum absolute atomic E-state index is 0.123.